The molecule has 14 heteroatoms. The van der Waals surface area contributed by atoms with Crippen LogP contribution in [-0.2, 0) is 30.4 Å². The summed E-state index contributed by atoms with van der Waals surface area (Å²) in [6.07, 6.45) is 4.73. The minimum absolute atomic E-state index is 0.0398. The number of likely N-dealkylation sites (tertiary alicyclic amines) is 1. The van der Waals surface area contributed by atoms with Crippen molar-refractivity contribution in [2.75, 3.05) is 13.1 Å². The fourth-order valence-corrected chi connectivity index (χ4v) is 3.93. The van der Waals surface area contributed by atoms with Crippen LogP contribution in [0.25, 0.3) is 0 Å². The fourth-order valence-electron chi connectivity index (χ4n) is 3.93. The molecular formula is C21H34N8O6. The Balaban J connectivity index is 2.20. The number of aromatic nitrogens is 2. The van der Waals surface area contributed by atoms with Crippen molar-refractivity contribution in [3.05, 3.63) is 18.2 Å². The van der Waals surface area contributed by atoms with Gasteiger partial charge in [-0.3, -0.25) is 19.2 Å². The Morgan fingerprint density at radius 3 is 2.49 bits per heavy atom. The molecule has 0 saturated carbocycles. The van der Waals surface area contributed by atoms with Gasteiger partial charge in [-0.25, -0.2) is 9.78 Å². The van der Waals surface area contributed by atoms with Crippen molar-refractivity contribution in [2.24, 2.45) is 17.2 Å². The number of H-pyrrole nitrogens is 1. The molecule has 0 aromatic carbocycles. The van der Waals surface area contributed by atoms with Crippen LogP contribution < -0.4 is 27.8 Å². The summed E-state index contributed by atoms with van der Waals surface area (Å²) < 4.78 is 0. The lowest BCUT2D eigenvalue weighted by Crippen LogP contribution is -2.57. The highest BCUT2D eigenvalue weighted by Crippen LogP contribution is 2.19. The van der Waals surface area contributed by atoms with Crippen LogP contribution in [0.2, 0.25) is 0 Å². The molecule has 0 bridgehead atoms. The first kappa shape index (κ1) is 27.7. The molecule has 1 aromatic rings. The largest absolute Gasteiger partial charge is 0.480 e. The van der Waals surface area contributed by atoms with Gasteiger partial charge < -0.3 is 42.8 Å². The normalized spacial score (nSPS) is 17.9. The highest BCUT2D eigenvalue weighted by Gasteiger charge is 2.38. The number of nitrogens with two attached hydrogens (primary N) is 3. The molecule has 2 heterocycles. The number of hydrogen-bond acceptors (Lipinski definition) is 8. The number of primary amides is 1. The molecule has 1 saturated heterocycles. The van der Waals surface area contributed by atoms with Gasteiger partial charge in [0.05, 0.1) is 18.8 Å². The molecule has 2 rings (SSSR count). The number of hydrogen-bond donors (Lipinski definition) is 7. The highest BCUT2D eigenvalue weighted by atomic mass is 16.4. The Hall–Kier alpha value is -3.52. The molecular weight excluding hydrogens is 460 g/mol. The predicted octanol–water partition coefficient (Wildman–Crippen LogP) is -2.67. The van der Waals surface area contributed by atoms with Crippen molar-refractivity contribution in [1.82, 2.24) is 25.5 Å². The van der Waals surface area contributed by atoms with E-state index in [0.717, 1.165) is 0 Å². The number of rotatable bonds is 14. The van der Waals surface area contributed by atoms with E-state index in [2.05, 4.69) is 20.6 Å². The number of carbonyl (C=O) groups excluding carboxylic acids is 4. The lowest BCUT2D eigenvalue weighted by atomic mass is 10.0. The molecule has 1 aliphatic rings. The van der Waals surface area contributed by atoms with E-state index in [1.54, 1.807) is 0 Å². The number of imidazole rings is 1. The summed E-state index contributed by atoms with van der Waals surface area (Å²) in [5.41, 5.74) is 16.9. The summed E-state index contributed by atoms with van der Waals surface area (Å²) in [6.45, 7) is 0.639. The molecule has 4 amide bonds. The summed E-state index contributed by atoms with van der Waals surface area (Å²) in [5.74, 6) is -3.81. The first-order valence-corrected chi connectivity index (χ1v) is 11.5. The second-order valence-electron chi connectivity index (χ2n) is 8.49. The van der Waals surface area contributed by atoms with Crippen molar-refractivity contribution in [2.45, 2.75) is 69.1 Å². The molecule has 10 N–H and O–H groups in total. The number of aliphatic carboxylic acids is 1. The van der Waals surface area contributed by atoms with E-state index in [-0.39, 0.29) is 19.4 Å². The average molecular weight is 495 g/mol. The van der Waals surface area contributed by atoms with Crippen LogP contribution in [0.5, 0.6) is 0 Å². The molecule has 35 heavy (non-hydrogen) atoms. The summed E-state index contributed by atoms with van der Waals surface area (Å²) >= 11 is 0. The van der Waals surface area contributed by atoms with Crippen molar-refractivity contribution in [3.8, 4) is 0 Å². The minimum atomic E-state index is -1.24. The third-order valence-electron chi connectivity index (χ3n) is 5.75. The summed E-state index contributed by atoms with van der Waals surface area (Å²) in [4.78, 5) is 69.6. The fraction of sp³-hybridized carbons (Fsp3) is 0.619. The van der Waals surface area contributed by atoms with Crippen LogP contribution in [0.15, 0.2) is 12.5 Å². The highest BCUT2D eigenvalue weighted by molar-refractivity contribution is 5.95. The SMILES string of the molecule is NCCCCC(NC(=O)C(N)CC(N)=O)C(=O)NC(Cc1cnc[nH]1)C(=O)N1CCCC1C(=O)O. The Morgan fingerprint density at radius 1 is 1.17 bits per heavy atom. The maximum atomic E-state index is 13.3. The molecule has 0 spiro atoms. The van der Waals surface area contributed by atoms with E-state index in [1.807, 2.05) is 0 Å². The van der Waals surface area contributed by atoms with Gasteiger partial charge in [0.25, 0.3) is 0 Å². The lowest BCUT2D eigenvalue weighted by Gasteiger charge is -2.29. The molecule has 4 unspecified atom stereocenters. The standard InChI is InChI=1S/C21H34N8O6/c22-6-2-1-4-14(27-18(31)13(23)9-17(24)30)19(32)28-15(8-12-10-25-11-26-12)20(33)29-7-3-5-16(29)21(34)35/h10-11,13-16H,1-9,22-23H2,(H2,24,30)(H,25,26)(H,27,31)(H,28,32)(H,34,35). The molecule has 0 aliphatic carbocycles. The van der Waals surface area contributed by atoms with E-state index < -0.39 is 60.2 Å². The van der Waals surface area contributed by atoms with E-state index >= 15 is 0 Å². The first-order chi connectivity index (χ1) is 16.6. The molecule has 1 aliphatic heterocycles. The van der Waals surface area contributed by atoms with Gasteiger partial charge in [0.1, 0.15) is 18.1 Å². The van der Waals surface area contributed by atoms with E-state index in [4.69, 9.17) is 17.2 Å². The van der Waals surface area contributed by atoms with Gasteiger partial charge in [-0.2, -0.15) is 0 Å². The van der Waals surface area contributed by atoms with E-state index in [9.17, 15) is 29.1 Å². The number of amides is 4. The number of carbonyl (C=O) groups is 5. The third-order valence-corrected chi connectivity index (χ3v) is 5.75. The number of nitrogens with one attached hydrogen (secondary N) is 3. The molecule has 1 fully saturated rings. The number of nitrogens with zero attached hydrogens (tertiary/aromatic N) is 2. The average Bonchev–Trinajstić information content (AvgIpc) is 3.49. The van der Waals surface area contributed by atoms with Crippen LogP contribution in [0.1, 0.15) is 44.2 Å². The summed E-state index contributed by atoms with van der Waals surface area (Å²) in [6, 6.07) is -4.37. The van der Waals surface area contributed by atoms with Crippen LogP contribution in [0.3, 0.4) is 0 Å². The quantitative estimate of drug-likeness (QED) is 0.133. The maximum absolute atomic E-state index is 13.3. The topological polar surface area (TPSA) is 240 Å². The molecule has 194 valence electrons. The smallest absolute Gasteiger partial charge is 0.326 e. The van der Waals surface area contributed by atoms with Crippen molar-refractivity contribution in [1.29, 1.82) is 0 Å². The van der Waals surface area contributed by atoms with Crippen molar-refractivity contribution < 1.29 is 29.1 Å². The zero-order valence-corrected chi connectivity index (χ0v) is 19.4. The molecule has 14 nitrogen and oxygen atoms in total. The van der Waals surface area contributed by atoms with Crippen LogP contribution in [-0.4, -0.2) is 86.8 Å². The second kappa shape index (κ2) is 13.4. The Morgan fingerprint density at radius 2 is 1.89 bits per heavy atom. The number of carboxylic acid groups (broad SMARTS) is 1. The number of carboxylic acids is 1. The van der Waals surface area contributed by atoms with Crippen molar-refractivity contribution in [3.63, 3.8) is 0 Å². The maximum Gasteiger partial charge on any atom is 0.326 e. The lowest BCUT2D eigenvalue weighted by molar-refractivity contribution is -0.149. The number of unbranched alkanes of at least 4 members (excludes halogenated alkanes) is 1. The van der Waals surface area contributed by atoms with Gasteiger partial charge in [-0.05, 0) is 38.6 Å². The van der Waals surface area contributed by atoms with Gasteiger partial charge >= 0.3 is 5.97 Å². The zero-order valence-electron chi connectivity index (χ0n) is 19.4. The number of aromatic amines is 1. The summed E-state index contributed by atoms with van der Waals surface area (Å²) in [5, 5.41) is 14.6. The van der Waals surface area contributed by atoms with Gasteiger partial charge in [0.2, 0.25) is 23.6 Å². The predicted molar refractivity (Wildman–Crippen MR) is 123 cm³/mol. The van der Waals surface area contributed by atoms with Crippen LogP contribution >= 0.6 is 0 Å². The Kier molecular flexibility index (Phi) is 10.6. The van der Waals surface area contributed by atoms with E-state index in [1.165, 1.54) is 17.4 Å². The zero-order chi connectivity index (χ0) is 26.0. The summed E-state index contributed by atoms with van der Waals surface area (Å²) in [7, 11) is 0. The monoisotopic (exact) mass is 494 g/mol. The first-order valence-electron chi connectivity index (χ1n) is 11.5. The minimum Gasteiger partial charge on any atom is -0.480 e. The molecule has 0 radical (unpaired) electrons. The van der Waals surface area contributed by atoms with Gasteiger partial charge in [-0.15, -0.1) is 0 Å². The molecule has 4 atom stereocenters. The Labute approximate surface area is 202 Å². The van der Waals surface area contributed by atoms with Gasteiger partial charge in [0.15, 0.2) is 0 Å². The van der Waals surface area contributed by atoms with Gasteiger partial charge in [0, 0.05) is 24.9 Å². The Bertz CT molecular complexity index is 892. The van der Waals surface area contributed by atoms with Crippen LogP contribution in [0.4, 0.5) is 0 Å². The molecule has 1 aromatic heterocycles. The van der Waals surface area contributed by atoms with Crippen molar-refractivity contribution >= 4 is 29.6 Å². The van der Waals surface area contributed by atoms with Crippen LogP contribution in [0, 0.1) is 0 Å². The van der Waals surface area contributed by atoms with E-state index in [0.29, 0.717) is 37.9 Å². The second-order valence-corrected chi connectivity index (χ2v) is 8.49. The third kappa shape index (κ3) is 8.33. The van der Waals surface area contributed by atoms with Gasteiger partial charge in [-0.1, -0.05) is 0 Å².